The van der Waals surface area contributed by atoms with Crippen molar-refractivity contribution in [3.05, 3.63) is 29.6 Å². The average Bonchev–Trinajstić information content (AvgIpc) is 2.43. The number of aliphatic hydroxyl groups excluding tert-OH is 1. The number of carbonyl (C=O) groups excluding carboxylic acids is 1. The lowest BCUT2D eigenvalue weighted by Gasteiger charge is -2.15. The Morgan fingerprint density at radius 2 is 2.11 bits per heavy atom. The van der Waals surface area contributed by atoms with Crippen LogP contribution in [0.15, 0.2) is 18.2 Å². The topological polar surface area (TPSA) is 58.6 Å². The molecule has 0 aromatic heterocycles. The summed E-state index contributed by atoms with van der Waals surface area (Å²) in [5.41, 5.74) is 0.329. The van der Waals surface area contributed by atoms with Crippen LogP contribution in [-0.4, -0.2) is 23.7 Å². The summed E-state index contributed by atoms with van der Waals surface area (Å²) in [5, 5.41) is 11.9. The number of hydrogen-bond acceptors (Lipinski definition) is 3. The molecule has 4 nitrogen and oxygen atoms in total. The van der Waals surface area contributed by atoms with Crippen LogP contribution < -0.4 is 10.1 Å². The van der Waals surface area contributed by atoms with Crippen LogP contribution in [0.3, 0.4) is 0 Å². The molecule has 19 heavy (non-hydrogen) atoms. The van der Waals surface area contributed by atoms with Gasteiger partial charge in [0.25, 0.3) is 5.91 Å². The highest BCUT2D eigenvalue weighted by atomic mass is 19.1. The maximum Gasteiger partial charge on any atom is 0.258 e. The number of amides is 1. The Kier molecular flexibility index (Phi) is 6.29. The number of ether oxygens (including phenoxy) is 1. The van der Waals surface area contributed by atoms with Crippen LogP contribution in [0, 0.1) is 5.82 Å². The Hall–Kier alpha value is -1.62. The van der Waals surface area contributed by atoms with Crippen LogP contribution in [0.1, 0.15) is 32.3 Å². The monoisotopic (exact) mass is 269 g/mol. The molecule has 0 unspecified atom stereocenters. The molecule has 0 aliphatic heterocycles. The second-order valence-corrected chi connectivity index (χ2v) is 4.28. The molecule has 0 saturated carbocycles. The maximum atomic E-state index is 13.0. The molecule has 1 amide bonds. The number of carbonyl (C=O) groups is 1. The van der Waals surface area contributed by atoms with Crippen molar-refractivity contribution in [1.82, 2.24) is 5.32 Å². The molecule has 0 fully saturated rings. The van der Waals surface area contributed by atoms with Crippen molar-refractivity contribution in [3.8, 4) is 5.75 Å². The zero-order valence-corrected chi connectivity index (χ0v) is 11.3. The minimum absolute atomic E-state index is 0.140. The second kappa shape index (κ2) is 7.74. The van der Waals surface area contributed by atoms with Gasteiger partial charge in [-0.2, -0.15) is 0 Å². The first-order valence-electron chi connectivity index (χ1n) is 6.42. The van der Waals surface area contributed by atoms with Gasteiger partial charge in [0.05, 0.1) is 6.61 Å². The molecule has 1 aromatic rings. The lowest BCUT2D eigenvalue weighted by Crippen LogP contribution is -2.37. The average molecular weight is 269 g/mol. The fourth-order valence-electron chi connectivity index (χ4n) is 1.72. The molecule has 1 rings (SSSR count). The number of hydrogen-bond donors (Lipinski definition) is 2. The van der Waals surface area contributed by atoms with Crippen molar-refractivity contribution in [2.75, 3.05) is 6.61 Å². The molecule has 5 heteroatoms. The lowest BCUT2D eigenvalue weighted by atomic mass is 10.2. The number of halogens is 1. The highest BCUT2D eigenvalue weighted by molar-refractivity contribution is 5.77. The summed E-state index contributed by atoms with van der Waals surface area (Å²) in [4.78, 5) is 11.6. The molecule has 0 aliphatic carbocycles. The van der Waals surface area contributed by atoms with E-state index in [0.717, 1.165) is 12.8 Å². The summed E-state index contributed by atoms with van der Waals surface area (Å²) in [6, 6.07) is 3.97. The third-order valence-electron chi connectivity index (χ3n) is 2.90. The lowest BCUT2D eigenvalue weighted by molar-refractivity contribution is -0.123. The van der Waals surface area contributed by atoms with Gasteiger partial charge in [0.2, 0.25) is 0 Å². The summed E-state index contributed by atoms with van der Waals surface area (Å²) in [5.74, 6) is -0.344. The summed E-state index contributed by atoms with van der Waals surface area (Å²) in [7, 11) is 0. The first-order valence-corrected chi connectivity index (χ1v) is 6.42. The van der Waals surface area contributed by atoms with Gasteiger partial charge in [0, 0.05) is 11.6 Å². The van der Waals surface area contributed by atoms with E-state index in [0.29, 0.717) is 11.3 Å². The minimum atomic E-state index is -0.446. The van der Waals surface area contributed by atoms with Crippen LogP contribution in [-0.2, 0) is 11.4 Å². The molecule has 2 N–H and O–H groups in total. The van der Waals surface area contributed by atoms with Gasteiger partial charge in [0.15, 0.2) is 6.61 Å². The van der Waals surface area contributed by atoms with Gasteiger partial charge in [-0.05, 0) is 31.0 Å². The molecule has 0 atom stereocenters. The van der Waals surface area contributed by atoms with Crippen LogP contribution in [0.5, 0.6) is 5.75 Å². The largest absolute Gasteiger partial charge is 0.483 e. The Morgan fingerprint density at radius 3 is 2.68 bits per heavy atom. The zero-order valence-electron chi connectivity index (χ0n) is 11.3. The Bertz CT molecular complexity index is 419. The number of nitrogens with one attached hydrogen (secondary N) is 1. The summed E-state index contributed by atoms with van der Waals surface area (Å²) in [6.45, 7) is 3.52. The van der Waals surface area contributed by atoms with E-state index in [4.69, 9.17) is 9.84 Å². The third kappa shape index (κ3) is 4.87. The molecule has 0 saturated heterocycles. The number of rotatable bonds is 7. The standard InChI is InChI=1S/C14H20FNO3/c1-3-12(4-2)16-14(18)9-19-13-6-5-11(15)7-10(13)8-17/h5-7,12,17H,3-4,8-9H2,1-2H3,(H,16,18). The molecular formula is C14H20FNO3. The summed E-state index contributed by atoms with van der Waals surface area (Å²) >= 11 is 0. The minimum Gasteiger partial charge on any atom is -0.483 e. The molecule has 106 valence electrons. The molecule has 1 aromatic carbocycles. The quantitative estimate of drug-likeness (QED) is 0.796. The van der Waals surface area contributed by atoms with Crippen LogP contribution in [0.2, 0.25) is 0 Å². The molecule has 0 radical (unpaired) electrons. The van der Waals surface area contributed by atoms with Crippen molar-refractivity contribution >= 4 is 5.91 Å². The normalized spacial score (nSPS) is 10.6. The van der Waals surface area contributed by atoms with E-state index < -0.39 is 5.82 Å². The van der Waals surface area contributed by atoms with E-state index in [1.807, 2.05) is 13.8 Å². The van der Waals surface area contributed by atoms with Gasteiger partial charge >= 0.3 is 0 Å². The fraction of sp³-hybridized carbons (Fsp3) is 0.500. The predicted molar refractivity (Wildman–Crippen MR) is 70.3 cm³/mol. The van der Waals surface area contributed by atoms with E-state index in [2.05, 4.69) is 5.32 Å². The highest BCUT2D eigenvalue weighted by Gasteiger charge is 2.10. The van der Waals surface area contributed by atoms with Gasteiger partial charge in [-0.15, -0.1) is 0 Å². The van der Waals surface area contributed by atoms with Crippen LogP contribution >= 0.6 is 0 Å². The Morgan fingerprint density at radius 1 is 1.42 bits per heavy atom. The van der Waals surface area contributed by atoms with Gasteiger partial charge in [0.1, 0.15) is 11.6 Å². The van der Waals surface area contributed by atoms with Crippen molar-refractivity contribution in [3.63, 3.8) is 0 Å². The first kappa shape index (κ1) is 15.4. The molecule has 0 bridgehead atoms. The van der Waals surface area contributed by atoms with E-state index in [1.165, 1.54) is 18.2 Å². The van der Waals surface area contributed by atoms with Crippen molar-refractivity contribution in [1.29, 1.82) is 0 Å². The molecule has 0 aliphatic rings. The van der Waals surface area contributed by atoms with Gasteiger partial charge < -0.3 is 15.2 Å². The van der Waals surface area contributed by atoms with Crippen molar-refractivity contribution in [2.24, 2.45) is 0 Å². The number of benzene rings is 1. The van der Waals surface area contributed by atoms with Gasteiger partial charge in [-0.25, -0.2) is 4.39 Å². The molecule has 0 heterocycles. The Labute approximate surface area is 112 Å². The van der Waals surface area contributed by atoms with Crippen molar-refractivity contribution in [2.45, 2.75) is 39.3 Å². The van der Waals surface area contributed by atoms with Crippen LogP contribution in [0.25, 0.3) is 0 Å². The maximum absolute atomic E-state index is 13.0. The molecular weight excluding hydrogens is 249 g/mol. The molecule has 0 spiro atoms. The van der Waals surface area contributed by atoms with E-state index in [9.17, 15) is 9.18 Å². The third-order valence-corrected chi connectivity index (χ3v) is 2.90. The van der Waals surface area contributed by atoms with Crippen molar-refractivity contribution < 1.29 is 19.0 Å². The van der Waals surface area contributed by atoms with E-state index >= 15 is 0 Å². The second-order valence-electron chi connectivity index (χ2n) is 4.28. The fourth-order valence-corrected chi connectivity index (χ4v) is 1.72. The SMILES string of the molecule is CCC(CC)NC(=O)COc1ccc(F)cc1CO. The van der Waals surface area contributed by atoms with Crippen LogP contribution in [0.4, 0.5) is 4.39 Å². The van der Waals surface area contributed by atoms with Gasteiger partial charge in [-0.3, -0.25) is 4.79 Å². The van der Waals surface area contributed by atoms with E-state index in [-0.39, 0.29) is 25.2 Å². The van der Waals surface area contributed by atoms with Gasteiger partial charge in [-0.1, -0.05) is 13.8 Å². The highest BCUT2D eigenvalue weighted by Crippen LogP contribution is 2.19. The summed E-state index contributed by atoms with van der Waals surface area (Å²) in [6.07, 6.45) is 1.72. The smallest absolute Gasteiger partial charge is 0.258 e. The predicted octanol–water partition coefficient (Wildman–Crippen LogP) is 2.00. The number of aliphatic hydroxyl groups is 1. The van der Waals surface area contributed by atoms with E-state index in [1.54, 1.807) is 0 Å². The first-order chi connectivity index (χ1) is 9.10. The Balaban J connectivity index is 2.54. The summed E-state index contributed by atoms with van der Waals surface area (Å²) < 4.78 is 18.2. The zero-order chi connectivity index (χ0) is 14.3.